The fourth-order valence-electron chi connectivity index (χ4n) is 6.98. The number of hydrogen-bond acceptors (Lipinski definition) is 4. The fourth-order valence-corrected chi connectivity index (χ4v) is 14.3. The van der Waals surface area contributed by atoms with Crippen LogP contribution < -0.4 is 0 Å². The van der Waals surface area contributed by atoms with Gasteiger partial charge in [0, 0.05) is 55.2 Å². The summed E-state index contributed by atoms with van der Waals surface area (Å²) in [5, 5.41) is 25.9. The van der Waals surface area contributed by atoms with E-state index in [0.717, 1.165) is 21.5 Å². The van der Waals surface area contributed by atoms with Gasteiger partial charge in [-0.15, -0.1) is 0 Å². The third kappa shape index (κ3) is 5.67. The molecule has 0 aliphatic carbocycles. The molecule has 238 valence electrons. The molecule has 0 aliphatic rings. The summed E-state index contributed by atoms with van der Waals surface area (Å²) in [4.78, 5) is 0. The smallest absolute Gasteiger partial charge is 0.127 e. The molecule has 0 unspecified atom stereocenters. The minimum absolute atomic E-state index is 0.0323. The highest BCUT2D eigenvalue weighted by atomic mass is 31.2. The van der Waals surface area contributed by atoms with E-state index >= 15 is 0 Å². The third-order valence-electron chi connectivity index (χ3n) is 9.57. The quantitative estimate of drug-likeness (QED) is 0.214. The van der Waals surface area contributed by atoms with E-state index in [4.69, 9.17) is 0 Å². The maximum Gasteiger partial charge on any atom is 0.127 e. The minimum Gasteiger partial charge on any atom is -0.507 e. The van der Waals surface area contributed by atoms with Crippen molar-refractivity contribution in [1.29, 1.82) is 0 Å². The second-order valence-corrected chi connectivity index (χ2v) is 25.4. The Balaban J connectivity index is 2.13. The number of rotatable bonds is 5. The van der Waals surface area contributed by atoms with Crippen molar-refractivity contribution in [3.05, 3.63) is 71.8 Å². The molecule has 0 fully saturated rings. The maximum absolute atomic E-state index is 14.8. The van der Waals surface area contributed by atoms with Gasteiger partial charge in [-0.25, -0.2) is 0 Å². The van der Waals surface area contributed by atoms with Crippen LogP contribution in [-0.4, -0.2) is 30.8 Å². The van der Waals surface area contributed by atoms with E-state index in [0.29, 0.717) is 22.3 Å². The molecular weight excluding hydrogens is 582 g/mol. The van der Waals surface area contributed by atoms with E-state index in [1.165, 1.54) is 0 Å². The molecule has 0 saturated carbocycles. The van der Waals surface area contributed by atoms with Gasteiger partial charge in [0.15, 0.2) is 0 Å². The fraction of sp³-hybridized carbons (Fsp3) is 0.474. The first-order valence-electron chi connectivity index (χ1n) is 15.6. The van der Waals surface area contributed by atoms with Crippen LogP contribution in [0.1, 0.15) is 94.2 Å². The van der Waals surface area contributed by atoms with Gasteiger partial charge in [-0.3, -0.25) is 0 Å². The number of phenols is 2. The van der Waals surface area contributed by atoms with Crippen molar-refractivity contribution < 1.29 is 19.3 Å². The van der Waals surface area contributed by atoms with E-state index in [-0.39, 0.29) is 23.8 Å². The van der Waals surface area contributed by atoms with E-state index in [1.54, 1.807) is 0 Å². The predicted molar refractivity (Wildman–Crippen MR) is 192 cm³/mol. The Hall–Kier alpha value is -2.54. The van der Waals surface area contributed by atoms with Gasteiger partial charge in [-0.1, -0.05) is 132 Å². The van der Waals surface area contributed by atoms with Gasteiger partial charge in [0.25, 0.3) is 0 Å². The molecule has 0 spiro atoms. The standard InChI is InChI=1S/C38H52O4P2/c1-35(2,3)43(41,36(4,5)6)23-27-21-25-17-13-15-19-29(25)31(33(27)39)32-30-20-16-14-18-26(30)22-28(34(32)40)24-44(42,37(7,8)9)38(10,11)12/h13-22,39-40H,23-24H2,1-12H3. The highest BCUT2D eigenvalue weighted by Gasteiger charge is 2.48. The highest BCUT2D eigenvalue weighted by Crippen LogP contribution is 2.71. The normalized spacial score (nSPS) is 14.0. The Morgan fingerprint density at radius 3 is 1.05 bits per heavy atom. The van der Waals surface area contributed by atoms with Crippen molar-refractivity contribution >= 4 is 35.8 Å². The molecule has 4 aromatic carbocycles. The van der Waals surface area contributed by atoms with Gasteiger partial charge in [0.1, 0.15) is 25.8 Å². The van der Waals surface area contributed by atoms with Crippen LogP contribution in [0.3, 0.4) is 0 Å². The van der Waals surface area contributed by atoms with Crippen LogP contribution >= 0.6 is 14.3 Å². The largest absolute Gasteiger partial charge is 0.507 e. The highest BCUT2D eigenvalue weighted by molar-refractivity contribution is 7.66. The second-order valence-electron chi connectivity index (χ2n) is 16.4. The van der Waals surface area contributed by atoms with Crippen molar-refractivity contribution in [3.8, 4) is 22.6 Å². The van der Waals surface area contributed by atoms with Gasteiger partial charge < -0.3 is 19.3 Å². The number of benzene rings is 4. The SMILES string of the molecule is CC(C)(C)P(=O)(Cc1cc2ccccc2c(-c2c(O)c(CP(=O)(C(C)(C)C)C(C)(C)C)cc3ccccc23)c1O)C(C)(C)C. The molecule has 0 radical (unpaired) electrons. The summed E-state index contributed by atoms with van der Waals surface area (Å²) in [5.41, 5.74) is 2.25. The lowest BCUT2D eigenvalue weighted by Gasteiger charge is -2.41. The molecule has 4 rings (SSSR count). The molecule has 44 heavy (non-hydrogen) atoms. The second kappa shape index (κ2) is 11.1. The molecular formula is C38H52O4P2. The van der Waals surface area contributed by atoms with Crippen LogP contribution in [0.5, 0.6) is 11.5 Å². The van der Waals surface area contributed by atoms with Gasteiger partial charge in [0.05, 0.1) is 0 Å². The Morgan fingerprint density at radius 1 is 0.500 bits per heavy atom. The first kappa shape index (κ1) is 34.3. The van der Waals surface area contributed by atoms with Crippen LogP contribution in [0.2, 0.25) is 0 Å². The molecule has 0 aliphatic heterocycles. The molecule has 4 nitrogen and oxygen atoms in total. The van der Waals surface area contributed by atoms with Crippen molar-refractivity contribution in [2.45, 2.75) is 116 Å². The zero-order valence-corrected chi connectivity index (χ0v) is 30.6. The molecule has 6 heteroatoms. The maximum atomic E-state index is 14.8. The van der Waals surface area contributed by atoms with Crippen molar-refractivity contribution in [2.75, 3.05) is 0 Å². The zero-order chi connectivity index (χ0) is 33.3. The van der Waals surface area contributed by atoms with E-state index in [2.05, 4.69) is 0 Å². The lowest BCUT2D eigenvalue weighted by molar-refractivity contribution is 0.463. The van der Waals surface area contributed by atoms with Crippen LogP contribution in [0.4, 0.5) is 0 Å². The molecule has 0 aromatic heterocycles. The summed E-state index contributed by atoms with van der Waals surface area (Å²) in [6.07, 6.45) is 0.455. The molecule has 0 heterocycles. The van der Waals surface area contributed by atoms with Crippen LogP contribution in [0.15, 0.2) is 60.7 Å². The van der Waals surface area contributed by atoms with Crippen molar-refractivity contribution in [2.24, 2.45) is 0 Å². The van der Waals surface area contributed by atoms with Crippen LogP contribution in [0, 0.1) is 0 Å². The lowest BCUT2D eigenvalue weighted by Crippen LogP contribution is -2.29. The average Bonchev–Trinajstić information content (AvgIpc) is 2.88. The van der Waals surface area contributed by atoms with Crippen molar-refractivity contribution in [1.82, 2.24) is 0 Å². The topological polar surface area (TPSA) is 74.6 Å². The summed E-state index contributed by atoms with van der Waals surface area (Å²) < 4.78 is 29.7. The Labute approximate surface area is 265 Å². The van der Waals surface area contributed by atoms with E-state index in [9.17, 15) is 19.3 Å². The summed E-state index contributed by atoms with van der Waals surface area (Å²) in [6, 6.07) is 19.6. The van der Waals surface area contributed by atoms with Gasteiger partial charge in [-0.2, -0.15) is 0 Å². The Kier molecular flexibility index (Phi) is 8.63. The zero-order valence-electron chi connectivity index (χ0n) is 28.8. The van der Waals surface area contributed by atoms with E-state index < -0.39 is 34.9 Å². The lowest BCUT2D eigenvalue weighted by atomic mass is 9.89. The summed E-state index contributed by atoms with van der Waals surface area (Å²) in [5.74, 6) is 0.0645. The summed E-state index contributed by atoms with van der Waals surface area (Å²) in [6.45, 7) is 24.2. The number of hydrogen-bond donors (Lipinski definition) is 2. The third-order valence-corrected chi connectivity index (χ3v) is 19.8. The number of aromatic hydroxyl groups is 2. The molecule has 0 amide bonds. The molecule has 2 N–H and O–H groups in total. The Morgan fingerprint density at radius 2 is 0.773 bits per heavy atom. The van der Waals surface area contributed by atoms with E-state index in [1.807, 2.05) is 144 Å². The van der Waals surface area contributed by atoms with Crippen molar-refractivity contribution in [3.63, 3.8) is 0 Å². The van der Waals surface area contributed by atoms with Gasteiger partial charge in [-0.05, 0) is 33.7 Å². The van der Waals surface area contributed by atoms with Crippen LogP contribution in [0.25, 0.3) is 32.7 Å². The monoisotopic (exact) mass is 634 g/mol. The minimum atomic E-state index is -2.92. The first-order valence-corrected chi connectivity index (χ1v) is 19.4. The van der Waals surface area contributed by atoms with Gasteiger partial charge in [0.2, 0.25) is 0 Å². The number of phenolic OH excluding ortho intramolecular Hbond substituents is 2. The Bertz CT molecular complexity index is 1650. The molecule has 0 bridgehead atoms. The molecule has 0 atom stereocenters. The predicted octanol–water partition coefficient (Wildman–Crippen LogP) is 12.0. The summed E-state index contributed by atoms with van der Waals surface area (Å²) in [7, 11) is -5.84. The number of fused-ring (bicyclic) bond motifs is 2. The molecule has 4 aromatic rings. The van der Waals surface area contributed by atoms with Gasteiger partial charge >= 0.3 is 0 Å². The summed E-state index contributed by atoms with van der Waals surface area (Å²) >= 11 is 0. The van der Waals surface area contributed by atoms with Crippen LogP contribution in [-0.2, 0) is 21.5 Å². The first-order chi connectivity index (χ1) is 19.9. The average molecular weight is 635 g/mol. The molecule has 0 saturated heterocycles.